The summed E-state index contributed by atoms with van der Waals surface area (Å²) in [5, 5.41) is 14.7. The van der Waals surface area contributed by atoms with E-state index in [2.05, 4.69) is 154 Å². The summed E-state index contributed by atoms with van der Waals surface area (Å²) in [5.74, 6) is 0.562. The average Bonchev–Trinajstić information content (AvgIpc) is 3.17. The maximum Gasteiger partial charge on any atom is 0.569 e. The van der Waals surface area contributed by atoms with E-state index in [9.17, 15) is 0 Å². The van der Waals surface area contributed by atoms with Gasteiger partial charge in [0.2, 0.25) is 0 Å². The molecule has 0 fully saturated rings. The quantitative estimate of drug-likeness (QED) is 0.177. The second kappa shape index (κ2) is 18.4. The van der Waals surface area contributed by atoms with Gasteiger partial charge in [-0.2, -0.15) is 0 Å². The van der Waals surface area contributed by atoms with Gasteiger partial charge in [0.1, 0.15) is 5.75 Å². The van der Waals surface area contributed by atoms with Crippen LogP contribution in [0.3, 0.4) is 0 Å². The van der Waals surface area contributed by atoms with E-state index in [-0.39, 0.29) is 7.43 Å². The molecule has 0 aliphatic rings. The predicted molar refractivity (Wildman–Crippen MR) is 224 cm³/mol. The van der Waals surface area contributed by atoms with Gasteiger partial charge in [-0.15, -0.1) is 0 Å². The van der Waals surface area contributed by atoms with Gasteiger partial charge in [0, 0.05) is 14.5 Å². The summed E-state index contributed by atoms with van der Waals surface area (Å²) in [6.45, 7) is 0. The first kappa shape index (κ1) is 37.4. The summed E-state index contributed by atoms with van der Waals surface area (Å²) in [6, 6.07) is 61.5. The Kier molecular flexibility index (Phi) is 13.5. The third-order valence-corrected chi connectivity index (χ3v) is 9.32. The van der Waals surface area contributed by atoms with E-state index < -0.39 is 0 Å². The van der Waals surface area contributed by atoms with Crippen molar-refractivity contribution in [3.05, 3.63) is 197 Å². The molecule has 8 aromatic rings. The van der Waals surface area contributed by atoms with Gasteiger partial charge in [0.15, 0.2) is 0 Å². The molecule has 0 unspecified atom stereocenters. The largest absolute Gasteiger partial charge is 0.569 e. The lowest BCUT2D eigenvalue weighted by Gasteiger charge is -2.12. The van der Waals surface area contributed by atoms with Crippen LogP contribution in [0, 0.1) is 0 Å². The van der Waals surface area contributed by atoms with Gasteiger partial charge in [-0.25, -0.2) is 0 Å². The lowest BCUT2D eigenvalue weighted by atomic mass is 9.92. The molecule has 0 bridgehead atoms. The number of hydrogen-bond acceptors (Lipinski definition) is 2. The lowest BCUT2D eigenvalue weighted by molar-refractivity contribution is 0.454. The maximum atomic E-state index is 8.21. The van der Waals surface area contributed by atoms with Gasteiger partial charge in [-0.3, -0.25) is 0 Å². The highest BCUT2D eigenvalue weighted by Gasteiger charge is 2.09. The Morgan fingerprint density at radius 1 is 0.412 bits per heavy atom. The second-order valence-corrected chi connectivity index (χ2v) is 13.0. The molecular weight excluding hydrogens is 734 g/mol. The van der Waals surface area contributed by atoms with Crippen molar-refractivity contribution in [1.29, 1.82) is 0 Å². The summed E-state index contributed by atoms with van der Waals surface area (Å²) in [5.41, 5.74) is 7.47. The van der Waals surface area contributed by atoms with Crippen molar-refractivity contribution in [2.24, 2.45) is 0 Å². The number of fused-ring (bicyclic) bond motifs is 2. The lowest BCUT2D eigenvalue weighted by Crippen LogP contribution is -1.98. The molecule has 1 radical (unpaired) electrons. The predicted octanol–water partition coefficient (Wildman–Crippen LogP) is 14.0. The van der Waals surface area contributed by atoms with Gasteiger partial charge in [-0.05, 0) is 97.4 Å². The smallest absolute Gasteiger partial charge is 0.537 e. The molecule has 8 aromatic carbocycles. The van der Waals surface area contributed by atoms with Crippen molar-refractivity contribution in [3.63, 3.8) is 0 Å². The molecule has 0 atom stereocenters. The first-order valence-corrected chi connectivity index (χ1v) is 17.5. The van der Waals surface area contributed by atoms with Crippen LogP contribution in [-0.2, 0) is 0 Å². The van der Waals surface area contributed by atoms with Crippen LogP contribution in [0.4, 0.5) is 0 Å². The highest BCUT2D eigenvalue weighted by atomic mass is 79.9. The van der Waals surface area contributed by atoms with Crippen LogP contribution in [0.1, 0.15) is 7.43 Å². The number of hydrogen-bond donors (Lipinski definition) is 1. The van der Waals surface area contributed by atoms with Crippen molar-refractivity contribution in [2.75, 3.05) is 0 Å². The molecule has 0 aliphatic carbocycles. The minimum Gasteiger partial charge on any atom is -0.537 e. The molecule has 0 saturated heterocycles. The van der Waals surface area contributed by atoms with Gasteiger partial charge in [0.25, 0.3) is 0 Å². The van der Waals surface area contributed by atoms with E-state index in [1.54, 1.807) is 24.3 Å². The summed E-state index contributed by atoms with van der Waals surface area (Å²) in [4.78, 5) is 0. The van der Waals surface area contributed by atoms with Crippen molar-refractivity contribution in [3.8, 4) is 39.1 Å². The van der Waals surface area contributed by atoms with Gasteiger partial charge in [0.05, 0.1) is 0 Å². The first-order valence-electron chi connectivity index (χ1n) is 16.0. The molecule has 1 N–H and O–H groups in total. The van der Waals surface area contributed by atoms with Crippen LogP contribution in [0.2, 0.25) is 10.0 Å². The van der Waals surface area contributed by atoms with Crippen LogP contribution < -0.4 is 4.65 Å². The fraction of sp³-hybridized carbons (Fsp3) is 0.0222. The molecule has 0 heterocycles. The van der Waals surface area contributed by atoms with Crippen molar-refractivity contribution in [1.82, 2.24) is 0 Å². The zero-order valence-electron chi connectivity index (χ0n) is 26.9. The molecule has 0 aromatic heterocycles. The van der Waals surface area contributed by atoms with Gasteiger partial charge in [-0.1, -0.05) is 186 Å². The molecule has 6 heteroatoms. The highest BCUT2D eigenvalue weighted by molar-refractivity contribution is 9.10. The fourth-order valence-corrected chi connectivity index (χ4v) is 6.49. The number of benzene rings is 8. The molecule has 8 rings (SSSR count). The Labute approximate surface area is 319 Å². The van der Waals surface area contributed by atoms with Crippen LogP contribution in [0.25, 0.3) is 54.9 Å². The zero-order valence-corrected chi connectivity index (χ0v) is 30.0. The second-order valence-electron chi connectivity index (χ2n) is 11.3. The number of halogens is 3. The van der Waals surface area contributed by atoms with Crippen LogP contribution in [-0.4, -0.2) is 12.7 Å². The molecular formula is C45H35BBrCl2O2. The Morgan fingerprint density at radius 3 is 1.22 bits per heavy atom. The molecule has 0 amide bonds. The Morgan fingerprint density at radius 2 is 0.765 bits per heavy atom. The summed E-state index contributed by atoms with van der Waals surface area (Å²) >= 11 is 15.2. The third kappa shape index (κ3) is 9.49. The molecule has 0 saturated carbocycles. The molecule has 0 aliphatic heterocycles. The zero-order chi connectivity index (χ0) is 34.7. The minimum absolute atomic E-state index is 0. The number of rotatable bonds is 5. The van der Waals surface area contributed by atoms with Gasteiger partial charge < -0.3 is 9.68 Å². The van der Waals surface area contributed by atoms with E-state index >= 15 is 0 Å². The van der Waals surface area contributed by atoms with Crippen LogP contribution in [0.15, 0.2) is 186 Å². The van der Waals surface area contributed by atoms with E-state index in [1.807, 2.05) is 24.3 Å². The summed E-state index contributed by atoms with van der Waals surface area (Å²) in [6.07, 6.45) is 0. The van der Waals surface area contributed by atoms with Gasteiger partial charge >= 0.3 is 7.69 Å². The summed E-state index contributed by atoms with van der Waals surface area (Å²) in [7, 11) is 0.628. The van der Waals surface area contributed by atoms with Crippen LogP contribution >= 0.6 is 39.1 Å². The monoisotopic (exact) mass is 767 g/mol. The molecule has 251 valence electrons. The van der Waals surface area contributed by atoms with E-state index in [1.165, 1.54) is 54.9 Å². The average molecular weight is 769 g/mol. The van der Waals surface area contributed by atoms with Crippen molar-refractivity contribution >= 4 is 68.4 Å². The third-order valence-electron chi connectivity index (χ3n) is 8.12. The maximum absolute atomic E-state index is 8.21. The summed E-state index contributed by atoms with van der Waals surface area (Å²) < 4.78 is 5.78. The Hall–Kier alpha value is -4.84. The SMILES string of the molecule is Brc1ccc(-c2ccccc2)c2ccccc12.C.Clc1ccc(-c2ccc(-c3ccccc3)c3ccccc23)cc1.O[B]Oc1ccc(Cl)cc1. The molecule has 0 spiro atoms. The van der Waals surface area contributed by atoms with Crippen molar-refractivity contribution < 1.29 is 9.68 Å². The Balaban J connectivity index is 0.000000159. The first-order chi connectivity index (χ1) is 24.5. The van der Waals surface area contributed by atoms with Crippen LogP contribution in [0.5, 0.6) is 5.75 Å². The van der Waals surface area contributed by atoms with E-state index in [4.69, 9.17) is 28.2 Å². The van der Waals surface area contributed by atoms with E-state index in [0.717, 1.165) is 9.50 Å². The van der Waals surface area contributed by atoms with Crippen molar-refractivity contribution in [2.45, 2.75) is 7.43 Å². The van der Waals surface area contributed by atoms with E-state index in [0.29, 0.717) is 18.5 Å². The molecule has 51 heavy (non-hydrogen) atoms. The standard InChI is InChI=1S/C22H15Cl.C16H11Br.C6H5BClO2.CH4/c23-18-12-10-17(11-13-18)20-15-14-19(16-6-2-1-3-7-16)21-8-4-5-9-22(20)21;17-16-11-10-13(12-6-2-1-3-7-12)14-8-4-5-9-15(14)16;8-5-1-3-6(4-2-5)10-7-9;/h1-15H;1-11H;1-4,9H;1H4. The topological polar surface area (TPSA) is 29.5 Å². The normalized spacial score (nSPS) is 10.2. The highest BCUT2D eigenvalue weighted by Crippen LogP contribution is 2.36. The fourth-order valence-electron chi connectivity index (χ4n) is 5.76. The molecule has 2 nitrogen and oxygen atoms in total. The minimum atomic E-state index is 0. The Bertz CT molecular complexity index is 2300.